The van der Waals surface area contributed by atoms with Gasteiger partial charge >= 0.3 is 5.97 Å². The van der Waals surface area contributed by atoms with Gasteiger partial charge in [-0.05, 0) is 26.3 Å². The topological polar surface area (TPSA) is 68.5 Å². The van der Waals surface area contributed by atoms with Gasteiger partial charge < -0.3 is 9.26 Å². The van der Waals surface area contributed by atoms with E-state index in [0.717, 1.165) is 19.4 Å². The molecule has 0 radical (unpaired) electrons. The van der Waals surface area contributed by atoms with Gasteiger partial charge in [0.1, 0.15) is 0 Å². The molecule has 1 aliphatic rings. The van der Waals surface area contributed by atoms with Crippen LogP contribution in [0.5, 0.6) is 0 Å². The smallest absolute Gasteiger partial charge is 0.310 e. The highest BCUT2D eigenvalue weighted by Crippen LogP contribution is 2.20. The molecule has 1 saturated heterocycles. The summed E-state index contributed by atoms with van der Waals surface area (Å²) in [5.41, 5.74) is 0. The van der Waals surface area contributed by atoms with Gasteiger partial charge in [0, 0.05) is 12.5 Å². The third kappa shape index (κ3) is 3.79. The number of carbonyl (C=O) groups excluding carboxylic acids is 1. The van der Waals surface area contributed by atoms with Gasteiger partial charge in [0.05, 0.1) is 19.1 Å². The maximum atomic E-state index is 11.8. The molecule has 112 valence electrons. The Kier molecular flexibility index (Phi) is 5.11. The zero-order valence-corrected chi connectivity index (χ0v) is 12.5. The van der Waals surface area contributed by atoms with Crippen LogP contribution in [0.4, 0.5) is 0 Å². The Balaban J connectivity index is 1.90. The van der Waals surface area contributed by atoms with E-state index in [4.69, 9.17) is 9.26 Å². The molecule has 1 aromatic rings. The third-order valence-electron chi connectivity index (χ3n) is 3.47. The minimum absolute atomic E-state index is 0.0276. The van der Waals surface area contributed by atoms with Crippen LogP contribution in [0.2, 0.25) is 0 Å². The van der Waals surface area contributed by atoms with E-state index in [1.165, 1.54) is 0 Å². The van der Waals surface area contributed by atoms with Crippen molar-refractivity contribution in [2.75, 3.05) is 19.7 Å². The summed E-state index contributed by atoms with van der Waals surface area (Å²) >= 11 is 0. The van der Waals surface area contributed by atoms with Crippen molar-refractivity contribution in [3.05, 3.63) is 11.7 Å². The molecule has 2 heterocycles. The predicted molar refractivity (Wildman–Crippen MR) is 73.0 cm³/mol. The average molecular weight is 281 g/mol. The molecule has 2 rings (SSSR count). The molecule has 0 unspecified atom stereocenters. The molecule has 1 aromatic heterocycles. The van der Waals surface area contributed by atoms with Crippen LogP contribution < -0.4 is 0 Å². The first-order valence-corrected chi connectivity index (χ1v) is 7.31. The molecule has 0 bridgehead atoms. The van der Waals surface area contributed by atoms with Crippen molar-refractivity contribution in [2.45, 2.75) is 46.1 Å². The largest absolute Gasteiger partial charge is 0.466 e. The van der Waals surface area contributed by atoms with Crippen LogP contribution in [0.1, 0.15) is 51.2 Å². The van der Waals surface area contributed by atoms with Gasteiger partial charge in [-0.3, -0.25) is 9.69 Å². The van der Waals surface area contributed by atoms with Crippen LogP contribution in [-0.2, 0) is 16.1 Å². The van der Waals surface area contributed by atoms with E-state index in [1.54, 1.807) is 0 Å². The molecular formula is C14H23N3O3. The van der Waals surface area contributed by atoms with Crippen molar-refractivity contribution in [1.29, 1.82) is 0 Å². The molecule has 6 heteroatoms. The molecule has 0 saturated carbocycles. The standard InChI is InChI=1S/C14H23N3O3/c1-4-19-14(18)11-6-5-7-17(8-11)9-12-15-13(10(2)3)20-16-12/h10-11H,4-9H2,1-3H3/t11-/m1/s1. The van der Waals surface area contributed by atoms with E-state index < -0.39 is 0 Å². The maximum absolute atomic E-state index is 11.8. The second kappa shape index (κ2) is 6.83. The molecule has 1 atom stereocenters. The monoisotopic (exact) mass is 281 g/mol. The van der Waals surface area contributed by atoms with E-state index in [9.17, 15) is 4.79 Å². The van der Waals surface area contributed by atoms with Crippen molar-refractivity contribution in [2.24, 2.45) is 5.92 Å². The molecule has 6 nitrogen and oxygen atoms in total. The molecule has 0 N–H and O–H groups in total. The number of rotatable bonds is 5. The van der Waals surface area contributed by atoms with Crippen LogP contribution in [0.3, 0.4) is 0 Å². The van der Waals surface area contributed by atoms with Crippen molar-refractivity contribution >= 4 is 5.97 Å². The van der Waals surface area contributed by atoms with E-state index in [-0.39, 0.29) is 17.8 Å². The van der Waals surface area contributed by atoms with Gasteiger partial charge in [-0.1, -0.05) is 19.0 Å². The van der Waals surface area contributed by atoms with E-state index in [1.807, 2.05) is 20.8 Å². The number of aromatic nitrogens is 2. The molecular weight excluding hydrogens is 258 g/mol. The van der Waals surface area contributed by atoms with Crippen LogP contribution in [0.25, 0.3) is 0 Å². The number of hydrogen-bond acceptors (Lipinski definition) is 6. The van der Waals surface area contributed by atoms with Crippen molar-refractivity contribution in [3.63, 3.8) is 0 Å². The summed E-state index contributed by atoms with van der Waals surface area (Å²) in [6.45, 7) is 8.63. The first-order valence-electron chi connectivity index (χ1n) is 7.31. The van der Waals surface area contributed by atoms with E-state index in [2.05, 4.69) is 15.0 Å². The summed E-state index contributed by atoms with van der Waals surface area (Å²) in [5.74, 6) is 1.48. The Morgan fingerprint density at radius 3 is 3.00 bits per heavy atom. The fourth-order valence-electron chi connectivity index (χ4n) is 2.42. The minimum atomic E-state index is -0.0896. The Labute approximate surface area is 119 Å². The van der Waals surface area contributed by atoms with Gasteiger partial charge in [0.2, 0.25) is 5.89 Å². The Morgan fingerprint density at radius 1 is 1.55 bits per heavy atom. The lowest BCUT2D eigenvalue weighted by Crippen LogP contribution is -2.39. The lowest BCUT2D eigenvalue weighted by molar-refractivity contribution is -0.150. The summed E-state index contributed by atoms with van der Waals surface area (Å²) in [6, 6.07) is 0. The van der Waals surface area contributed by atoms with Crippen molar-refractivity contribution in [1.82, 2.24) is 15.0 Å². The first kappa shape index (κ1) is 15.0. The lowest BCUT2D eigenvalue weighted by atomic mass is 9.98. The van der Waals surface area contributed by atoms with Crippen LogP contribution in [0.15, 0.2) is 4.52 Å². The number of ether oxygens (including phenoxy) is 1. The second-order valence-corrected chi connectivity index (χ2v) is 5.53. The number of nitrogens with zero attached hydrogens (tertiary/aromatic N) is 3. The quantitative estimate of drug-likeness (QED) is 0.769. The molecule has 1 aliphatic heterocycles. The fraction of sp³-hybridized carbons (Fsp3) is 0.786. The maximum Gasteiger partial charge on any atom is 0.310 e. The van der Waals surface area contributed by atoms with Crippen LogP contribution in [-0.4, -0.2) is 40.7 Å². The van der Waals surface area contributed by atoms with E-state index in [0.29, 0.717) is 31.4 Å². The first-order chi connectivity index (χ1) is 9.60. The Hall–Kier alpha value is -1.43. The highest BCUT2D eigenvalue weighted by Gasteiger charge is 2.27. The highest BCUT2D eigenvalue weighted by atomic mass is 16.5. The van der Waals surface area contributed by atoms with Gasteiger partial charge in [-0.15, -0.1) is 0 Å². The van der Waals surface area contributed by atoms with Gasteiger partial charge in [0.15, 0.2) is 5.82 Å². The Morgan fingerprint density at radius 2 is 2.35 bits per heavy atom. The van der Waals surface area contributed by atoms with Gasteiger partial charge in [-0.2, -0.15) is 4.98 Å². The van der Waals surface area contributed by atoms with Crippen LogP contribution in [0, 0.1) is 5.92 Å². The molecule has 20 heavy (non-hydrogen) atoms. The average Bonchev–Trinajstić information content (AvgIpc) is 2.88. The number of likely N-dealkylation sites (tertiary alicyclic amines) is 1. The third-order valence-corrected chi connectivity index (χ3v) is 3.47. The Bertz CT molecular complexity index is 445. The normalized spacial score (nSPS) is 20.3. The highest BCUT2D eigenvalue weighted by molar-refractivity contribution is 5.72. The lowest BCUT2D eigenvalue weighted by Gasteiger charge is -2.30. The number of hydrogen-bond donors (Lipinski definition) is 0. The summed E-state index contributed by atoms with van der Waals surface area (Å²) in [5, 5.41) is 3.99. The summed E-state index contributed by atoms with van der Waals surface area (Å²) in [4.78, 5) is 18.4. The molecule has 0 spiro atoms. The zero-order valence-electron chi connectivity index (χ0n) is 12.5. The summed E-state index contributed by atoms with van der Waals surface area (Å²) in [6.07, 6.45) is 1.90. The number of piperidine rings is 1. The SMILES string of the molecule is CCOC(=O)[C@@H]1CCCN(Cc2noc(C(C)C)n2)C1. The molecule has 0 aromatic carbocycles. The van der Waals surface area contributed by atoms with Crippen LogP contribution >= 0.6 is 0 Å². The minimum Gasteiger partial charge on any atom is -0.466 e. The molecule has 0 aliphatic carbocycles. The fourth-order valence-corrected chi connectivity index (χ4v) is 2.42. The number of carbonyl (C=O) groups is 1. The van der Waals surface area contributed by atoms with Crippen molar-refractivity contribution < 1.29 is 14.1 Å². The second-order valence-electron chi connectivity index (χ2n) is 5.53. The molecule has 0 amide bonds. The summed E-state index contributed by atoms with van der Waals surface area (Å²) in [7, 11) is 0. The van der Waals surface area contributed by atoms with E-state index >= 15 is 0 Å². The zero-order chi connectivity index (χ0) is 14.5. The van der Waals surface area contributed by atoms with Gasteiger partial charge in [0.25, 0.3) is 0 Å². The number of esters is 1. The van der Waals surface area contributed by atoms with Gasteiger partial charge in [-0.25, -0.2) is 0 Å². The summed E-state index contributed by atoms with van der Waals surface area (Å²) < 4.78 is 10.3. The van der Waals surface area contributed by atoms with Crippen molar-refractivity contribution in [3.8, 4) is 0 Å². The molecule has 1 fully saturated rings. The predicted octanol–water partition coefficient (Wildman–Crippen LogP) is 1.97.